The summed E-state index contributed by atoms with van der Waals surface area (Å²) in [6, 6.07) is 20.1. The summed E-state index contributed by atoms with van der Waals surface area (Å²) in [5, 5.41) is 0. The molecule has 0 unspecified atom stereocenters. The molecular formula is C16H13. The van der Waals surface area contributed by atoms with Crippen LogP contribution < -0.4 is 0 Å². The second-order valence-corrected chi connectivity index (χ2v) is 3.98. The molecule has 0 heterocycles. The highest BCUT2D eigenvalue weighted by Gasteiger charge is 2.25. The van der Waals surface area contributed by atoms with Gasteiger partial charge < -0.3 is 0 Å². The molecule has 0 atom stereocenters. The van der Waals surface area contributed by atoms with E-state index >= 15 is 0 Å². The lowest BCUT2D eigenvalue weighted by molar-refractivity contribution is 0.753. The second-order valence-electron chi connectivity index (χ2n) is 3.98. The minimum absolute atomic E-state index is 0.456. The van der Waals surface area contributed by atoms with Crippen LogP contribution in [-0.2, 0) is 5.41 Å². The standard InChI is InChI=1S/C16H13/c1-3-16(2,14-10-6-4-7-11-14)15-12-8-5-9-13-15/h4-13H,2H3. The average Bonchev–Trinajstić information content (AvgIpc) is 2.40. The van der Waals surface area contributed by atoms with Crippen molar-refractivity contribution in [3.8, 4) is 5.92 Å². The van der Waals surface area contributed by atoms with E-state index in [4.69, 9.17) is 6.42 Å². The minimum atomic E-state index is -0.456. The van der Waals surface area contributed by atoms with Crippen LogP contribution in [0.2, 0.25) is 0 Å². The van der Waals surface area contributed by atoms with Crippen molar-refractivity contribution in [2.45, 2.75) is 12.3 Å². The van der Waals surface area contributed by atoms with Crippen LogP contribution in [0.4, 0.5) is 0 Å². The molecule has 77 valence electrons. The summed E-state index contributed by atoms with van der Waals surface area (Å²) < 4.78 is 0. The number of benzene rings is 2. The van der Waals surface area contributed by atoms with Crippen LogP contribution in [0.5, 0.6) is 0 Å². The normalized spacial score (nSPS) is 10.8. The highest BCUT2D eigenvalue weighted by molar-refractivity contribution is 5.45. The Morgan fingerprint density at radius 1 is 0.812 bits per heavy atom. The molecule has 0 aliphatic heterocycles. The Morgan fingerprint density at radius 3 is 1.50 bits per heavy atom. The number of hydrogen-bond donors (Lipinski definition) is 0. The Hall–Kier alpha value is -2.00. The topological polar surface area (TPSA) is 0 Å². The second kappa shape index (κ2) is 4.24. The third-order valence-electron chi connectivity index (χ3n) is 2.95. The Balaban J connectivity index is 2.55. The lowest BCUT2D eigenvalue weighted by Crippen LogP contribution is -2.20. The van der Waals surface area contributed by atoms with Crippen molar-refractivity contribution in [1.82, 2.24) is 0 Å². The summed E-state index contributed by atoms with van der Waals surface area (Å²) in [6.45, 7) is 2.02. The summed E-state index contributed by atoms with van der Waals surface area (Å²) >= 11 is 0. The van der Waals surface area contributed by atoms with Crippen molar-refractivity contribution in [2.24, 2.45) is 0 Å². The maximum Gasteiger partial charge on any atom is 0.0793 e. The SMILES string of the molecule is [C]#CC(C)(c1ccccc1)c1ccccc1. The molecule has 0 saturated heterocycles. The van der Waals surface area contributed by atoms with E-state index < -0.39 is 5.41 Å². The van der Waals surface area contributed by atoms with Gasteiger partial charge in [-0.3, -0.25) is 0 Å². The largest absolute Gasteiger partial charge is 0.0793 e. The maximum absolute atomic E-state index is 7.58. The van der Waals surface area contributed by atoms with E-state index in [9.17, 15) is 0 Å². The molecule has 0 saturated carbocycles. The van der Waals surface area contributed by atoms with E-state index in [2.05, 4.69) is 5.92 Å². The zero-order chi connectivity index (χ0) is 11.4. The van der Waals surface area contributed by atoms with Gasteiger partial charge in [0.25, 0.3) is 0 Å². The fourth-order valence-corrected chi connectivity index (χ4v) is 1.85. The van der Waals surface area contributed by atoms with Crippen LogP contribution in [0.25, 0.3) is 0 Å². The monoisotopic (exact) mass is 205 g/mol. The molecule has 0 heteroatoms. The molecule has 0 aliphatic rings. The first kappa shape index (κ1) is 10.5. The molecule has 2 aromatic rings. The van der Waals surface area contributed by atoms with E-state index in [0.29, 0.717) is 0 Å². The molecule has 0 aromatic heterocycles. The lowest BCUT2D eigenvalue weighted by atomic mass is 9.77. The van der Waals surface area contributed by atoms with Crippen molar-refractivity contribution in [2.75, 3.05) is 0 Å². The molecule has 0 aliphatic carbocycles. The lowest BCUT2D eigenvalue weighted by Gasteiger charge is -2.24. The van der Waals surface area contributed by atoms with Gasteiger partial charge in [-0.15, -0.1) is 0 Å². The van der Waals surface area contributed by atoms with Gasteiger partial charge in [0.2, 0.25) is 0 Å². The Bertz CT molecular complexity index is 449. The molecule has 0 amide bonds. The van der Waals surface area contributed by atoms with Crippen LogP contribution in [-0.4, -0.2) is 0 Å². The highest BCUT2D eigenvalue weighted by Crippen LogP contribution is 2.30. The van der Waals surface area contributed by atoms with Crippen LogP contribution in [0.15, 0.2) is 60.7 Å². The van der Waals surface area contributed by atoms with Crippen molar-refractivity contribution >= 4 is 0 Å². The van der Waals surface area contributed by atoms with Gasteiger partial charge >= 0.3 is 0 Å². The molecule has 1 radical (unpaired) electrons. The summed E-state index contributed by atoms with van der Waals surface area (Å²) in [5.74, 6) is 2.66. The average molecular weight is 205 g/mol. The zero-order valence-corrected chi connectivity index (χ0v) is 9.27. The van der Waals surface area contributed by atoms with Crippen molar-refractivity contribution in [3.05, 3.63) is 78.2 Å². The van der Waals surface area contributed by atoms with Crippen molar-refractivity contribution in [1.29, 1.82) is 0 Å². The molecule has 0 bridgehead atoms. The van der Waals surface area contributed by atoms with E-state index in [1.54, 1.807) is 0 Å². The molecule has 0 spiro atoms. The predicted molar refractivity (Wildman–Crippen MR) is 66.5 cm³/mol. The number of rotatable bonds is 2. The van der Waals surface area contributed by atoms with Gasteiger partial charge in [0.15, 0.2) is 0 Å². The van der Waals surface area contributed by atoms with E-state index in [1.165, 1.54) is 0 Å². The van der Waals surface area contributed by atoms with Crippen molar-refractivity contribution in [3.63, 3.8) is 0 Å². The summed E-state index contributed by atoms with van der Waals surface area (Å²) in [7, 11) is 0. The fourth-order valence-electron chi connectivity index (χ4n) is 1.85. The van der Waals surface area contributed by atoms with Gasteiger partial charge in [0, 0.05) is 0 Å². The Labute approximate surface area is 96.9 Å². The third kappa shape index (κ3) is 1.73. The van der Waals surface area contributed by atoms with Crippen LogP contribution in [0.3, 0.4) is 0 Å². The highest BCUT2D eigenvalue weighted by atomic mass is 14.3. The van der Waals surface area contributed by atoms with E-state index in [-0.39, 0.29) is 0 Å². The van der Waals surface area contributed by atoms with Crippen molar-refractivity contribution < 1.29 is 0 Å². The summed E-state index contributed by atoms with van der Waals surface area (Å²) in [5.41, 5.74) is 1.73. The zero-order valence-electron chi connectivity index (χ0n) is 9.27. The molecule has 0 fully saturated rings. The number of hydrogen-bond acceptors (Lipinski definition) is 0. The summed E-state index contributed by atoms with van der Waals surface area (Å²) in [4.78, 5) is 0. The smallest absolute Gasteiger partial charge is 0.0729 e. The third-order valence-corrected chi connectivity index (χ3v) is 2.95. The van der Waals surface area contributed by atoms with Crippen LogP contribution >= 0.6 is 0 Å². The summed E-state index contributed by atoms with van der Waals surface area (Å²) in [6.07, 6.45) is 7.58. The Morgan fingerprint density at radius 2 is 1.19 bits per heavy atom. The molecule has 16 heavy (non-hydrogen) atoms. The predicted octanol–water partition coefficient (Wildman–Crippen LogP) is 3.58. The fraction of sp³-hybridized carbons (Fsp3) is 0.125. The van der Waals surface area contributed by atoms with Crippen LogP contribution in [0, 0.1) is 12.3 Å². The molecular weight excluding hydrogens is 192 g/mol. The van der Waals surface area contributed by atoms with Gasteiger partial charge in [0.1, 0.15) is 0 Å². The molecule has 2 rings (SSSR count). The quantitative estimate of drug-likeness (QED) is 0.657. The first-order chi connectivity index (χ1) is 7.77. The molecule has 2 aromatic carbocycles. The molecule has 0 nitrogen and oxygen atoms in total. The van der Waals surface area contributed by atoms with Gasteiger partial charge in [0.05, 0.1) is 5.41 Å². The van der Waals surface area contributed by atoms with Crippen LogP contribution in [0.1, 0.15) is 18.1 Å². The van der Waals surface area contributed by atoms with Gasteiger partial charge in [-0.1, -0.05) is 66.6 Å². The first-order valence-corrected chi connectivity index (χ1v) is 5.32. The maximum atomic E-state index is 7.58. The minimum Gasteiger partial charge on any atom is -0.0729 e. The van der Waals surface area contributed by atoms with E-state index in [0.717, 1.165) is 11.1 Å². The first-order valence-electron chi connectivity index (χ1n) is 5.32. The van der Waals surface area contributed by atoms with Gasteiger partial charge in [-0.2, -0.15) is 0 Å². The Kier molecular flexibility index (Phi) is 2.79. The molecule has 0 N–H and O–H groups in total. The van der Waals surface area contributed by atoms with Gasteiger partial charge in [-0.25, -0.2) is 0 Å². The van der Waals surface area contributed by atoms with E-state index in [1.807, 2.05) is 67.6 Å². The van der Waals surface area contributed by atoms with Gasteiger partial charge in [-0.05, 0) is 24.5 Å².